The van der Waals surface area contributed by atoms with Gasteiger partial charge in [0.15, 0.2) is 0 Å². The average molecular weight is 425 g/mol. The van der Waals surface area contributed by atoms with Crippen LogP contribution in [0.1, 0.15) is 26.2 Å². The van der Waals surface area contributed by atoms with Gasteiger partial charge in [-0.2, -0.15) is 0 Å². The molecule has 1 atom stereocenters. The van der Waals surface area contributed by atoms with Gasteiger partial charge in [0, 0.05) is 56.2 Å². The molecule has 2 aromatic rings. The molecule has 2 amide bonds. The summed E-state index contributed by atoms with van der Waals surface area (Å²) in [5.41, 5.74) is 2.54. The molecule has 1 unspecified atom stereocenters. The number of carbonyl (C=O) groups excluding carboxylic acids is 2. The van der Waals surface area contributed by atoms with E-state index in [1.807, 2.05) is 31.2 Å². The SMILES string of the molecule is CC(C(=O)Nc1cccc(N2CCCC2=O)c1)N1CCCN(c2ccc(F)cc2)CC1. The first-order valence-electron chi connectivity index (χ1n) is 11.0. The maximum atomic E-state index is 13.2. The second kappa shape index (κ2) is 9.47. The van der Waals surface area contributed by atoms with E-state index in [1.165, 1.54) is 12.1 Å². The lowest BCUT2D eigenvalue weighted by Crippen LogP contribution is -2.44. The average Bonchev–Trinajstić information content (AvgIpc) is 3.05. The summed E-state index contributed by atoms with van der Waals surface area (Å²) in [6.07, 6.45) is 2.38. The summed E-state index contributed by atoms with van der Waals surface area (Å²) in [6, 6.07) is 13.8. The van der Waals surface area contributed by atoms with E-state index < -0.39 is 0 Å². The molecule has 2 heterocycles. The number of carbonyl (C=O) groups is 2. The second-order valence-electron chi connectivity index (χ2n) is 8.22. The van der Waals surface area contributed by atoms with Crippen molar-refractivity contribution in [3.8, 4) is 0 Å². The number of halogens is 1. The van der Waals surface area contributed by atoms with Crippen LogP contribution >= 0.6 is 0 Å². The van der Waals surface area contributed by atoms with Gasteiger partial charge in [-0.1, -0.05) is 6.07 Å². The van der Waals surface area contributed by atoms with Gasteiger partial charge in [-0.15, -0.1) is 0 Å². The van der Waals surface area contributed by atoms with E-state index in [-0.39, 0.29) is 23.7 Å². The van der Waals surface area contributed by atoms with Crippen LogP contribution < -0.4 is 15.1 Å². The molecule has 0 aromatic heterocycles. The van der Waals surface area contributed by atoms with Crippen LogP contribution in [0.15, 0.2) is 48.5 Å². The Balaban J connectivity index is 1.36. The molecule has 0 spiro atoms. The van der Waals surface area contributed by atoms with Crippen LogP contribution in [0.25, 0.3) is 0 Å². The molecule has 0 radical (unpaired) electrons. The summed E-state index contributed by atoms with van der Waals surface area (Å²) < 4.78 is 13.2. The summed E-state index contributed by atoms with van der Waals surface area (Å²) in [5, 5.41) is 3.01. The molecule has 2 aromatic carbocycles. The molecule has 6 nitrogen and oxygen atoms in total. The molecular formula is C24H29FN4O2. The van der Waals surface area contributed by atoms with Crippen LogP contribution in [0.3, 0.4) is 0 Å². The Bertz CT molecular complexity index is 933. The summed E-state index contributed by atoms with van der Waals surface area (Å²) >= 11 is 0. The van der Waals surface area contributed by atoms with Crippen molar-refractivity contribution in [3.05, 3.63) is 54.3 Å². The first-order valence-corrected chi connectivity index (χ1v) is 11.0. The van der Waals surface area contributed by atoms with Crippen molar-refractivity contribution in [1.29, 1.82) is 0 Å². The third-order valence-electron chi connectivity index (χ3n) is 6.15. The van der Waals surface area contributed by atoms with Gasteiger partial charge in [-0.3, -0.25) is 14.5 Å². The maximum absolute atomic E-state index is 13.2. The van der Waals surface area contributed by atoms with Crippen LogP contribution in [0.5, 0.6) is 0 Å². The van der Waals surface area contributed by atoms with E-state index >= 15 is 0 Å². The molecule has 0 saturated carbocycles. The fraction of sp³-hybridized carbons (Fsp3) is 0.417. The van der Waals surface area contributed by atoms with Gasteiger partial charge in [-0.05, 0) is 62.2 Å². The fourth-order valence-corrected chi connectivity index (χ4v) is 4.32. The van der Waals surface area contributed by atoms with Crippen molar-refractivity contribution in [2.75, 3.05) is 47.8 Å². The highest BCUT2D eigenvalue weighted by atomic mass is 19.1. The van der Waals surface area contributed by atoms with Crippen LogP contribution in [0.4, 0.5) is 21.5 Å². The number of rotatable bonds is 5. The quantitative estimate of drug-likeness (QED) is 0.798. The van der Waals surface area contributed by atoms with Crippen molar-refractivity contribution in [2.45, 2.75) is 32.2 Å². The molecule has 2 fully saturated rings. The van der Waals surface area contributed by atoms with E-state index in [2.05, 4.69) is 15.1 Å². The van der Waals surface area contributed by atoms with E-state index in [1.54, 1.807) is 17.0 Å². The lowest BCUT2D eigenvalue weighted by Gasteiger charge is -2.27. The normalized spacial score (nSPS) is 18.7. The standard InChI is InChI=1S/C24H29FN4O2/c1-18(27-12-4-13-28(16-15-27)21-10-8-19(25)9-11-21)24(31)26-20-5-2-6-22(17-20)29-14-3-7-23(29)30/h2,5-6,8-11,17-18H,3-4,7,12-16H2,1H3,(H,26,31). The number of hydrogen-bond acceptors (Lipinski definition) is 4. The van der Waals surface area contributed by atoms with Crippen molar-refractivity contribution in [1.82, 2.24) is 4.90 Å². The minimum Gasteiger partial charge on any atom is -0.370 e. The Hall–Kier alpha value is -2.93. The predicted octanol–water partition coefficient (Wildman–Crippen LogP) is 3.49. The lowest BCUT2D eigenvalue weighted by atomic mass is 10.2. The topological polar surface area (TPSA) is 55.9 Å². The monoisotopic (exact) mass is 424 g/mol. The zero-order chi connectivity index (χ0) is 21.8. The van der Waals surface area contributed by atoms with Gasteiger partial charge in [0.1, 0.15) is 5.82 Å². The van der Waals surface area contributed by atoms with E-state index in [0.29, 0.717) is 12.1 Å². The number of nitrogens with zero attached hydrogens (tertiary/aromatic N) is 3. The predicted molar refractivity (Wildman–Crippen MR) is 121 cm³/mol. The number of benzene rings is 2. The molecule has 4 rings (SSSR count). The Labute approximate surface area is 182 Å². The van der Waals surface area contributed by atoms with Crippen LogP contribution in [-0.4, -0.2) is 55.5 Å². The third-order valence-corrected chi connectivity index (χ3v) is 6.15. The first kappa shape index (κ1) is 21.3. The van der Waals surface area contributed by atoms with Gasteiger partial charge < -0.3 is 15.1 Å². The molecule has 2 saturated heterocycles. The fourth-order valence-electron chi connectivity index (χ4n) is 4.32. The summed E-state index contributed by atoms with van der Waals surface area (Å²) in [6.45, 7) is 5.91. The highest BCUT2D eigenvalue weighted by Crippen LogP contribution is 2.24. The van der Waals surface area contributed by atoms with E-state index in [4.69, 9.17) is 0 Å². The van der Waals surface area contributed by atoms with E-state index in [0.717, 1.165) is 56.9 Å². The Morgan fingerprint density at radius 2 is 1.77 bits per heavy atom. The van der Waals surface area contributed by atoms with Gasteiger partial charge in [0.2, 0.25) is 11.8 Å². The summed E-state index contributed by atoms with van der Waals surface area (Å²) in [5.74, 6) is -0.157. The van der Waals surface area contributed by atoms with Crippen LogP contribution in [0.2, 0.25) is 0 Å². The lowest BCUT2D eigenvalue weighted by molar-refractivity contribution is -0.120. The third kappa shape index (κ3) is 5.05. The van der Waals surface area contributed by atoms with Gasteiger partial charge >= 0.3 is 0 Å². The smallest absolute Gasteiger partial charge is 0.241 e. The molecule has 1 N–H and O–H groups in total. The van der Waals surface area contributed by atoms with Gasteiger partial charge in [-0.25, -0.2) is 4.39 Å². The molecule has 2 aliphatic rings. The zero-order valence-corrected chi connectivity index (χ0v) is 17.9. The van der Waals surface area contributed by atoms with Gasteiger partial charge in [0.05, 0.1) is 6.04 Å². The highest BCUT2D eigenvalue weighted by molar-refractivity contribution is 5.98. The van der Waals surface area contributed by atoms with Crippen molar-refractivity contribution in [3.63, 3.8) is 0 Å². The van der Waals surface area contributed by atoms with Gasteiger partial charge in [0.25, 0.3) is 0 Å². The maximum Gasteiger partial charge on any atom is 0.241 e. The highest BCUT2D eigenvalue weighted by Gasteiger charge is 2.25. The van der Waals surface area contributed by atoms with Crippen molar-refractivity contribution >= 4 is 28.9 Å². The second-order valence-corrected chi connectivity index (χ2v) is 8.22. The van der Waals surface area contributed by atoms with Crippen molar-refractivity contribution < 1.29 is 14.0 Å². The minimum absolute atomic E-state index is 0.0554. The number of nitrogens with one attached hydrogen (secondary N) is 1. The van der Waals surface area contributed by atoms with Crippen LogP contribution in [-0.2, 0) is 9.59 Å². The first-order chi connectivity index (χ1) is 15.0. The largest absolute Gasteiger partial charge is 0.370 e. The Morgan fingerprint density at radius 1 is 0.968 bits per heavy atom. The van der Waals surface area contributed by atoms with E-state index in [9.17, 15) is 14.0 Å². The molecular weight excluding hydrogens is 395 g/mol. The number of hydrogen-bond donors (Lipinski definition) is 1. The molecule has 164 valence electrons. The summed E-state index contributed by atoms with van der Waals surface area (Å²) in [7, 11) is 0. The Kier molecular flexibility index (Phi) is 6.51. The zero-order valence-electron chi connectivity index (χ0n) is 17.9. The van der Waals surface area contributed by atoms with Crippen LogP contribution in [0, 0.1) is 5.82 Å². The molecule has 7 heteroatoms. The molecule has 0 bridgehead atoms. The number of anilines is 3. The molecule has 2 aliphatic heterocycles. The molecule has 31 heavy (non-hydrogen) atoms. The molecule has 0 aliphatic carbocycles. The number of amides is 2. The summed E-state index contributed by atoms with van der Waals surface area (Å²) in [4.78, 5) is 31.1. The van der Waals surface area contributed by atoms with Crippen molar-refractivity contribution in [2.24, 2.45) is 0 Å². The minimum atomic E-state index is -0.273. The Morgan fingerprint density at radius 3 is 2.52 bits per heavy atom.